The van der Waals surface area contributed by atoms with Gasteiger partial charge in [-0.1, -0.05) is 29.8 Å². The summed E-state index contributed by atoms with van der Waals surface area (Å²) in [6.45, 7) is -0.614. The van der Waals surface area contributed by atoms with Gasteiger partial charge in [-0.2, -0.15) is 5.10 Å². The first kappa shape index (κ1) is 20.8. The highest BCUT2D eigenvalue weighted by molar-refractivity contribution is 6.31. The molecule has 0 unspecified atom stereocenters. The molecule has 0 saturated carbocycles. The minimum atomic E-state index is -1.35. The molecule has 0 aliphatic rings. The molecule has 0 radical (unpaired) electrons. The van der Waals surface area contributed by atoms with Crippen molar-refractivity contribution in [3.05, 3.63) is 69.1 Å². The van der Waals surface area contributed by atoms with Crippen LogP contribution in [0.25, 0.3) is 10.8 Å². The number of ether oxygens (including phenoxy) is 1. The van der Waals surface area contributed by atoms with Crippen molar-refractivity contribution in [2.45, 2.75) is 6.54 Å². The monoisotopic (exact) mass is 430 g/mol. The van der Waals surface area contributed by atoms with E-state index in [0.29, 0.717) is 9.70 Å². The van der Waals surface area contributed by atoms with Crippen molar-refractivity contribution in [2.24, 2.45) is 0 Å². The van der Waals surface area contributed by atoms with Gasteiger partial charge in [-0.15, -0.1) is 0 Å². The standard InChI is InChI=1S/C19H15ClN4O6/c1-30-14-7-6-10(20)8-13(14)17(26)22-21-15(25)9-24-18(27)12-5-3-2-4-11(12)16(23-24)19(28)29/h2-8H,9H2,1H3,(H,21,25)(H,22,26)(H,28,29). The predicted molar refractivity (Wildman–Crippen MR) is 107 cm³/mol. The van der Waals surface area contributed by atoms with Crippen LogP contribution < -0.4 is 21.1 Å². The van der Waals surface area contributed by atoms with Gasteiger partial charge in [0.2, 0.25) is 0 Å². The van der Waals surface area contributed by atoms with Gasteiger partial charge in [-0.3, -0.25) is 25.2 Å². The molecule has 0 bridgehead atoms. The lowest BCUT2D eigenvalue weighted by molar-refractivity contribution is -0.122. The maximum atomic E-state index is 12.5. The average molecular weight is 431 g/mol. The predicted octanol–water partition coefficient (Wildman–Crippen LogP) is 1.22. The fourth-order valence-electron chi connectivity index (χ4n) is 2.73. The van der Waals surface area contributed by atoms with Crippen LogP contribution in [0, 0.1) is 0 Å². The number of aromatic carboxylic acids is 1. The SMILES string of the molecule is COc1ccc(Cl)cc1C(=O)NNC(=O)Cn1nc(C(=O)O)c2ccccc2c1=O. The molecule has 3 rings (SSSR count). The van der Waals surface area contributed by atoms with E-state index in [1.807, 2.05) is 0 Å². The van der Waals surface area contributed by atoms with Crippen LogP contribution in [0.5, 0.6) is 5.75 Å². The largest absolute Gasteiger partial charge is 0.496 e. The highest BCUT2D eigenvalue weighted by Crippen LogP contribution is 2.22. The molecule has 1 heterocycles. The van der Waals surface area contributed by atoms with E-state index in [0.717, 1.165) is 0 Å². The highest BCUT2D eigenvalue weighted by atomic mass is 35.5. The Hall–Kier alpha value is -3.92. The molecule has 2 aromatic carbocycles. The number of amides is 2. The number of rotatable bonds is 5. The summed E-state index contributed by atoms with van der Waals surface area (Å²) in [7, 11) is 1.37. The molecule has 10 nitrogen and oxygen atoms in total. The molecule has 0 spiro atoms. The zero-order chi connectivity index (χ0) is 21.8. The molecule has 3 aromatic rings. The molecule has 3 N–H and O–H groups in total. The summed E-state index contributed by atoms with van der Waals surface area (Å²) < 4.78 is 5.79. The topological polar surface area (TPSA) is 140 Å². The first-order valence-corrected chi connectivity index (χ1v) is 8.85. The first-order valence-electron chi connectivity index (χ1n) is 8.47. The van der Waals surface area contributed by atoms with Gasteiger partial charge in [0.15, 0.2) is 5.69 Å². The van der Waals surface area contributed by atoms with Crippen LogP contribution >= 0.6 is 11.6 Å². The summed E-state index contributed by atoms with van der Waals surface area (Å²) in [6, 6.07) is 10.4. The smallest absolute Gasteiger partial charge is 0.357 e. The number of hydrogen-bond donors (Lipinski definition) is 3. The van der Waals surface area contributed by atoms with Crippen LogP contribution in [-0.4, -0.2) is 39.8 Å². The Morgan fingerprint density at radius 2 is 1.83 bits per heavy atom. The van der Waals surface area contributed by atoms with E-state index in [4.69, 9.17) is 16.3 Å². The molecule has 0 fully saturated rings. The van der Waals surface area contributed by atoms with Crippen molar-refractivity contribution in [3.63, 3.8) is 0 Å². The lowest BCUT2D eigenvalue weighted by atomic mass is 10.1. The van der Waals surface area contributed by atoms with E-state index in [2.05, 4.69) is 16.0 Å². The minimum absolute atomic E-state index is 0.0828. The molecule has 2 amide bonds. The number of halogens is 1. The zero-order valence-corrected chi connectivity index (χ0v) is 16.3. The van der Waals surface area contributed by atoms with Crippen molar-refractivity contribution in [1.29, 1.82) is 0 Å². The maximum Gasteiger partial charge on any atom is 0.357 e. The van der Waals surface area contributed by atoms with Crippen molar-refractivity contribution in [3.8, 4) is 5.75 Å². The van der Waals surface area contributed by atoms with Crippen LogP contribution in [0.4, 0.5) is 0 Å². The molecule has 0 aliphatic heterocycles. The summed E-state index contributed by atoms with van der Waals surface area (Å²) >= 11 is 5.88. The van der Waals surface area contributed by atoms with Gasteiger partial charge in [0.25, 0.3) is 17.4 Å². The van der Waals surface area contributed by atoms with E-state index in [1.165, 1.54) is 37.4 Å². The lowest BCUT2D eigenvalue weighted by Gasteiger charge is -2.12. The van der Waals surface area contributed by atoms with Crippen molar-refractivity contribution >= 4 is 40.2 Å². The van der Waals surface area contributed by atoms with Crippen LogP contribution in [0.1, 0.15) is 20.8 Å². The quantitative estimate of drug-likeness (QED) is 0.517. The van der Waals surface area contributed by atoms with Gasteiger partial charge < -0.3 is 9.84 Å². The van der Waals surface area contributed by atoms with Gasteiger partial charge in [0.1, 0.15) is 12.3 Å². The van der Waals surface area contributed by atoms with Crippen LogP contribution in [0.15, 0.2) is 47.3 Å². The van der Waals surface area contributed by atoms with Crippen LogP contribution in [0.3, 0.4) is 0 Å². The number of carbonyl (C=O) groups is 3. The van der Waals surface area contributed by atoms with E-state index in [-0.39, 0.29) is 27.8 Å². The van der Waals surface area contributed by atoms with E-state index in [1.54, 1.807) is 12.1 Å². The molecule has 30 heavy (non-hydrogen) atoms. The van der Waals surface area contributed by atoms with Gasteiger partial charge in [0.05, 0.1) is 18.1 Å². The van der Waals surface area contributed by atoms with Gasteiger partial charge >= 0.3 is 5.97 Å². The number of carbonyl (C=O) groups excluding carboxylic acids is 2. The Morgan fingerprint density at radius 3 is 2.50 bits per heavy atom. The average Bonchev–Trinajstić information content (AvgIpc) is 2.73. The van der Waals surface area contributed by atoms with Crippen molar-refractivity contribution in [1.82, 2.24) is 20.6 Å². The Morgan fingerprint density at radius 1 is 1.13 bits per heavy atom. The second kappa shape index (κ2) is 8.62. The molecule has 154 valence electrons. The van der Waals surface area contributed by atoms with Crippen LogP contribution in [0.2, 0.25) is 5.02 Å². The summed E-state index contributed by atoms with van der Waals surface area (Å²) in [5.41, 5.74) is 3.39. The second-order valence-electron chi connectivity index (χ2n) is 6.01. The Balaban J connectivity index is 1.79. The van der Waals surface area contributed by atoms with Gasteiger partial charge in [-0.25, -0.2) is 9.48 Å². The zero-order valence-electron chi connectivity index (χ0n) is 15.5. The van der Waals surface area contributed by atoms with Gasteiger partial charge in [0, 0.05) is 10.4 Å². The highest BCUT2D eigenvalue weighted by Gasteiger charge is 2.18. The maximum absolute atomic E-state index is 12.5. The first-order chi connectivity index (χ1) is 14.3. The number of fused-ring (bicyclic) bond motifs is 1. The third-order valence-corrected chi connectivity index (χ3v) is 4.32. The summed E-state index contributed by atoms with van der Waals surface area (Å²) in [4.78, 5) is 48.5. The third kappa shape index (κ3) is 4.23. The van der Waals surface area contributed by atoms with E-state index in [9.17, 15) is 24.3 Å². The summed E-state index contributed by atoms with van der Waals surface area (Å²) in [6.07, 6.45) is 0. The number of aromatic nitrogens is 2. The number of hydrazine groups is 1. The van der Waals surface area contributed by atoms with Crippen molar-refractivity contribution in [2.75, 3.05) is 7.11 Å². The van der Waals surface area contributed by atoms with E-state index >= 15 is 0 Å². The molecule has 0 atom stereocenters. The van der Waals surface area contributed by atoms with Gasteiger partial charge in [-0.05, 0) is 24.3 Å². The fourth-order valence-corrected chi connectivity index (χ4v) is 2.90. The minimum Gasteiger partial charge on any atom is -0.496 e. The number of carboxylic acids is 1. The lowest BCUT2D eigenvalue weighted by Crippen LogP contribution is -2.44. The molecule has 0 saturated heterocycles. The Bertz CT molecular complexity index is 1220. The number of methoxy groups -OCH3 is 1. The Labute approximate surface area is 174 Å². The normalized spacial score (nSPS) is 10.5. The number of carboxylic acid groups (broad SMARTS) is 1. The molecular weight excluding hydrogens is 416 g/mol. The molecular formula is C19H15ClN4O6. The number of hydrogen-bond acceptors (Lipinski definition) is 6. The Kier molecular flexibility index (Phi) is 5.98. The molecule has 1 aromatic heterocycles. The number of benzene rings is 2. The van der Waals surface area contributed by atoms with Crippen LogP contribution in [-0.2, 0) is 11.3 Å². The summed E-state index contributed by atoms with van der Waals surface area (Å²) in [5.74, 6) is -2.61. The molecule has 11 heteroatoms. The molecule has 0 aliphatic carbocycles. The number of nitrogens with zero attached hydrogens (tertiary/aromatic N) is 2. The summed E-state index contributed by atoms with van der Waals surface area (Å²) in [5, 5.41) is 13.7. The van der Waals surface area contributed by atoms with E-state index < -0.39 is 29.9 Å². The van der Waals surface area contributed by atoms with Crippen molar-refractivity contribution < 1.29 is 24.2 Å². The fraction of sp³-hybridized carbons (Fsp3) is 0.105. The second-order valence-corrected chi connectivity index (χ2v) is 6.45. The third-order valence-electron chi connectivity index (χ3n) is 4.09. The number of nitrogens with one attached hydrogen (secondary N) is 2.